The van der Waals surface area contributed by atoms with Crippen LogP contribution >= 0.6 is 0 Å². The fourth-order valence-electron chi connectivity index (χ4n) is 2.38. The number of ether oxygens (including phenoxy) is 1. The second kappa shape index (κ2) is 3.23. The Morgan fingerprint density at radius 1 is 1.31 bits per heavy atom. The van der Waals surface area contributed by atoms with E-state index >= 15 is 0 Å². The highest BCUT2D eigenvalue weighted by Crippen LogP contribution is 2.26. The van der Waals surface area contributed by atoms with Crippen LogP contribution in [0.5, 0.6) is 0 Å². The average molecular weight is 185 g/mol. The summed E-state index contributed by atoms with van der Waals surface area (Å²) in [6.45, 7) is 6.50. The highest BCUT2D eigenvalue weighted by atomic mass is 16.5. The van der Waals surface area contributed by atoms with Crippen molar-refractivity contribution < 1.29 is 9.84 Å². The number of morpholine rings is 1. The van der Waals surface area contributed by atoms with Crippen molar-refractivity contribution in [3.63, 3.8) is 0 Å². The van der Waals surface area contributed by atoms with E-state index in [0.29, 0.717) is 12.2 Å². The Morgan fingerprint density at radius 3 is 2.31 bits per heavy atom. The SMILES string of the molecule is CC(C)(O)CN1CC2CCC(C1)O2. The third-order valence-electron chi connectivity index (χ3n) is 2.73. The summed E-state index contributed by atoms with van der Waals surface area (Å²) in [4.78, 5) is 2.33. The number of likely N-dealkylation sites (tertiary alicyclic amines) is 1. The molecule has 0 amide bonds. The van der Waals surface area contributed by atoms with Crippen LogP contribution in [0.4, 0.5) is 0 Å². The van der Waals surface area contributed by atoms with E-state index in [9.17, 15) is 5.11 Å². The maximum Gasteiger partial charge on any atom is 0.0718 e. The summed E-state index contributed by atoms with van der Waals surface area (Å²) in [6, 6.07) is 0. The van der Waals surface area contributed by atoms with Crippen LogP contribution in [0, 0.1) is 0 Å². The molecule has 1 N–H and O–H groups in total. The molecule has 2 atom stereocenters. The van der Waals surface area contributed by atoms with E-state index in [0.717, 1.165) is 19.6 Å². The predicted octanol–water partition coefficient (Wildman–Crippen LogP) is 0.620. The molecule has 0 radical (unpaired) electrons. The van der Waals surface area contributed by atoms with Gasteiger partial charge in [-0.2, -0.15) is 0 Å². The molecule has 3 nitrogen and oxygen atoms in total. The summed E-state index contributed by atoms with van der Waals surface area (Å²) in [5.74, 6) is 0. The van der Waals surface area contributed by atoms with Gasteiger partial charge in [-0.25, -0.2) is 0 Å². The van der Waals surface area contributed by atoms with E-state index in [2.05, 4.69) is 4.90 Å². The Kier molecular flexibility index (Phi) is 2.34. The maximum absolute atomic E-state index is 9.68. The zero-order valence-corrected chi connectivity index (χ0v) is 8.49. The largest absolute Gasteiger partial charge is 0.389 e. The lowest BCUT2D eigenvalue weighted by molar-refractivity contribution is -0.0624. The van der Waals surface area contributed by atoms with Crippen molar-refractivity contribution >= 4 is 0 Å². The van der Waals surface area contributed by atoms with E-state index in [1.807, 2.05) is 13.8 Å². The molecule has 2 saturated heterocycles. The minimum Gasteiger partial charge on any atom is -0.389 e. The molecule has 2 aliphatic rings. The van der Waals surface area contributed by atoms with Crippen LogP contribution in [0.1, 0.15) is 26.7 Å². The van der Waals surface area contributed by atoms with Crippen molar-refractivity contribution in [1.82, 2.24) is 4.90 Å². The molecule has 2 rings (SSSR count). The van der Waals surface area contributed by atoms with Gasteiger partial charge in [0, 0.05) is 19.6 Å². The minimum atomic E-state index is -0.573. The number of rotatable bonds is 2. The van der Waals surface area contributed by atoms with Crippen molar-refractivity contribution in [2.75, 3.05) is 19.6 Å². The molecule has 2 heterocycles. The number of hydrogen-bond acceptors (Lipinski definition) is 3. The Balaban J connectivity index is 1.88. The highest BCUT2D eigenvalue weighted by Gasteiger charge is 2.35. The quantitative estimate of drug-likeness (QED) is 0.684. The minimum absolute atomic E-state index is 0.432. The van der Waals surface area contributed by atoms with Gasteiger partial charge in [-0.3, -0.25) is 4.90 Å². The molecular weight excluding hydrogens is 166 g/mol. The molecule has 0 spiro atoms. The van der Waals surface area contributed by atoms with E-state index in [1.165, 1.54) is 12.8 Å². The van der Waals surface area contributed by atoms with Gasteiger partial charge >= 0.3 is 0 Å². The summed E-state index contributed by atoms with van der Waals surface area (Å²) in [5, 5.41) is 9.68. The van der Waals surface area contributed by atoms with Gasteiger partial charge in [-0.05, 0) is 26.7 Å². The molecule has 13 heavy (non-hydrogen) atoms. The molecule has 0 saturated carbocycles. The van der Waals surface area contributed by atoms with E-state index < -0.39 is 5.60 Å². The Morgan fingerprint density at radius 2 is 1.85 bits per heavy atom. The summed E-state index contributed by atoms with van der Waals surface area (Å²) < 4.78 is 5.72. The van der Waals surface area contributed by atoms with Gasteiger partial charge < -0.3 is 9.84 Å². The number of nitrogens with zero attached hydrogens (tertiary/aromatic N) is 1. The van der Waals surface area contributed by atoms with Crippen LogP contribution in [-0.2, 0) is 4.74 Å². The molecule has 0 aliphatic carbocycles. The summed E-state index contributed by atoms with van der Waals surface area (Å²) in [6.07, 6.45) is 3.27. The van der Waals surface area contributed by atoms with Crippen molar-refractivity contribution in [2.24, 2.45) is 0 Å². The predicted molar refractivity (Wildman–Crippen MR) is 50.6 cm³/mol. The number of hydrogen-bond donors (Lipinski definition) is 1. The summed E-state index contributed by atoms with van der Waals surface area (Å²) in [7, 11) is 0. The molecule has 2 fully saturated rings. The Bertz CT molecular complexity index is 176. The Hall–Kier alpha value is -0.120. The van der Waals surface area contributed by atoms with Crippen molar-refractivity contribution in [1.29, 1.82) is 0 Å². The second-order valence-electron chi connectivity index (χ2n) is 4.96. The van der Waals surface area contributed by atoms with E-state index in [4.69, 9.17) is 4.74 Å². The summed E-state index contributed by atoms with van der Waals surface area (Å²) >= 11 is 0. The van der Waals surface area contributed by atoms with Crippen molar-refractivity contribution in [3.05, 3.63) is 0 Å². The fraction of sp³-hybridized carbons (Fsp3) is 1.00. The van der Waals surface area contributed by atoms with Gasteiger partial charge in [0.05, 0.1) is 17.8 Å². The van der Waals surface area contributed by atoms with Crippen LogP contribution in [0.25, 0.3) is 0 Å². The molecule has 76 valence electrons. The maximum atomic E-state index is 9.68. The van der Waals surface area contributed by atoms with Crippen LogP contribution in [0.2, 0.25) is 0 Å². The van der Waals surface area contributed by atoms with Crippen LogP contribution in [0.15, 0.2) is 0 Å². The zero-order chi connectivity index (χ0) is 9.47. The first-order valence-electron chi connectivity index (χ1n) is 5.13. The molecule has 0 aromatic rings. The Labute approximate surface area is 79.7 Å². The monoisotopic (exact) mass is 185 g/mol. The van der Waals surface area contributed by atoms with Gasteiger partial charge in [-0.1, -0.05) is 0 Å². The first kappa shape index (κ1) is 9.44. The van der Waals surface area contributed by atoms with Crippen molar-refractivity contribution in [2.45, 2.75) is 44.5 Å². The summed E-state index contributed by atoms with van der Waals surface area (Å²) in [5.41, 5.74) is -0.573. The van der Waals surface area contributed by atoms with E-state index in [1.54, 1.807) is 0 Å². The third kappa shape index (κ3) is 2.42. The molecule has 2 bridgehead atoms. The number of β-amino-alcohol motifs (C(OH)–C–C–N with tert-alkyl or cyclic N) is 1. The molecule has 2 aliphatic heterocycles. The topological polar surface area (TPSA) is 32.7 Å². The zero-order valence-electron chi connectivity index (χ0n) is 8.49. The van der Waals surface area contributed by atoms with Crippen LogP contribution in [-0.4, -0.2) is 47.4 Å². The molecule has 3 heteroatoms. The normalized spacial score (nSPS) is 35.3. The van der Waals surface area contributed by atoms with Gasteiger partial charge in [0.1, 0.15) is 0 Å². The fourth-order valence-corrected chi connectivity index (χ4v) is 2.38. The lowest BCUT2D eigenvalue weighted by atomic mass is 10.1. The van der Waals surface area contributed by atoms with Crippen LogP contribution < -0.4 is 0 Å². The lowest BCUT2D eigenvalue weighted by Crippen LogP contribution is -2.48. The second-order valence-corrected chi connectivity index (χ2v) is 4.96. The van der Waals surface area contributed by atoms with Crippen LogP contribution in [0.3, 0.4) is 0 Å². The smallest absolute Gasteiger partial charge is 0.0718 e. The van der Waals surface area contributed by atoms with Gasteiger partial charge in [-0.15, -0.1) is 0 Å². The first-order valence-corrected chi connectivity index (χ1v) is 5.13. The lowest BCUT2D eigenvalue weighted by Gasteiger charge is -2.35. The highest BCUT2D eigenvalue weighted by molar-refractivity contribution is 4.86. The first-order chi connectivity index (χ1) is 6.03. The number of aliphatic hydroxyl groups is 1. The third-order valence-corrected chi connectivity index (χ3v) is 2.73. The van der Waals surface area contributed by atoms with Crippen molar-refractivity contribution in [3.8, 4) is 0 Å². The molecule has 0 aromatic heterocycles. The van der Waals surface area contributed by atoms with Gasteiger partial charge in [0.2, 0.25) is 0 Å². The number of fused-ring (bicyclic) bond motifs is 2. The standard InChI is InChI=1S/C10H19NO2/c1-10(2,12)7-11-5-8-3-4-9(6-11)13-8/h8-9,12H,3-7H2,1-2H3. The molecule has 0 aromatic carbocycles. The van der Waals surface area contributed by atoms with E-state index in [-0.39, 0.29) is 0 Å². The average Bonchev–Trinajstić information content (AvgIpc) is 2.27. The van der Waals surface area contributed by atoms with Gasteiger partial charge in [0.15, 0.2) is 0 Å². The molecular formula is C10H19NO2. The molecule has 2 unspecified atom stereocenters. The van der Waals surface area contributed by atoms with Gasteiger partial charge in [0.25, 0.3) is 0 Å².